The van der Waals surface area contributed by atoms with Crippen molar-refractivity contribution in [3.63, 3.8) is 0 Å². The van der Waals surface area contributed by atoms with Crippen LogP contribution in [-0.4, -0.2) is 94.6 Å². The van der Waals surface area contributed by atoms with Crippen LogP contribution < -0.4 is 0 Å². The van der Waals surface area contributed by atoms with Crippen LogP contribution in [0.1, 0.15) is 19.8 Å². The van der Waals surface area contributed by atoms with Gasteiger partial charge in [-0.15, -0.1) is 0 Å². The summed E-state index contributed by atoms with van der Waals surface area (Å²) < 4.78 is 21.8. The van der Waals surface area contributed by atoms with Gasteiger partial charge >= 0.3 is 0 Å². The van der Waals surface area contributed by atoms with E-state index in [0.717, 1.165) is 0 Å². The Morgan fingerprint density at radius 2 is 1.52 bits per heavy atom. The molecular formula is C14H26O9. The van der Waals surface area contributed by atoms with E-state index in [4.69, 9.17) is 24.1 Å². The normalized spacial score (nSPS) is 45.1. The minimum absolute atomic E-state index is 0.0199. The molecule has 2 fully saturated rings. The quantitative estimate of drug-likeness (QED) is 0.362. The second-order valence-corrected chi connectivity index (χ2v) is 5.73. The van der Waals surface area contributed by atoms with Crippen LogP contribution in [0.4, 0.5) is 0 Å². The SMILES string of the molecule is CCOC1CC(O)C(O[C@@H]2CC(O)[C@H](O)C(CO)O2)C(CO)O1. The van der Waals surface area contributed by atoms with Gasteiger partial charge in [0.2, 0.25) is 0 Å². The van der Waals surface area contributed by atoms with E-state index in [0.29, 0.717) is 6.61 Å². The molecule has 23 heavy (non-hydrogen) atoms. The fraction of sp³-hybridized carbons (Fsp3) is 1.00. The first kappa shape index (κ1) is 19.0. The van der Waals surface area contributed by atoms with Gasteiger partial charge in [-0.1, -0.05) is 0 Å². The summed E-state index contributed by atoms with van der Waals surface area (Å²) in [4.78, 5) is 0. The highest BCUT2D eigenvalue weighted by Gasteiger charge is 2.43. The van der Waals surface area contributed by atoms with E-state index in [2.05, 4.69) is 0 Å². The average molecular weight is 338 g/mol. The highest BCUT2D eigenvalue weighted by molar-refractivity contribution is 4.87. The Labute approximate surface area is 134 Å². The molecule has 2 heterocycles. The van der Waals surface area contributed by atoms with Gasteiger partial charge in [-0.05, 0) is 6.92 Å². The Kier molecular flexibility index (Phi) is 7.14. The van der Waals surface area contributed by atoms with Gasteiger partial charge in [-0.25, -0.2) is 0 Å². The third-order valence-electron chi connectivity index (χ3n) is 4.06. The third-order valence-corrected chi connectivity index (χ3v) is 4.06. The lowest BCUT2D eigenvalue weighted by Crippen LogP contribution is -2.56. The summed E-state index contributed by atoms with van der Waals surface area (Å²) in [6, 6.07) is 0. The van der Waals surface area contributed by atoms with Crippen LogP contribution >= 0.6 is 0 Å². The lowest BCUT2D eigenvalue weighted by molar-refractivity contribution is -0.320. The molecular weight excluding hydrogens is 312 g/mol. The Balaban J connectivity index is 1.97. The molecule has 0 aromatic carbocycles. The molecule has 0 aromatic rings. The number of hydrogen-bond acceptors (Lipinski definition) is 9. The van der Waals surface area contributed by atoms with Crippen molar-refractivity contribution < 1.29 is 44.5 Å². The van der Waals surface area contributed by atoms with Crippen LogP contribution in [0.15, 0.2) is 0 Å². The molecule has 2 saturated heterocycles. The monoisotopic (exact) mass is 338 g/mol. The number of rotatable bonds is 6. The van der Waals surface area contributed by atoms with Crippen molar-refractivity contribution in [2.24, 2.45) is 0 Å². The highest BCUT2D eigenvalue weighted by Crippen LogP contribution is 2.28. The maximum absolute atomic E-state index is 10.2. The molecule has 0 bridgehead atoms. The molecule has 2 aliphatic rings. The Morgan fingerprint density at radius 3 is 2.13 bits per heavy atom. The molecule has 2 rings (SSSR count). The zero-order valence-corrected chi connectivity index (χ0v) is 13.0. The molecule has 0 radical (unpaired) electrons. The molecule has 0 spiro atoms. The van der Waals surface area contributed by atoms with Crippen molar-refractivity contribution in [1.82, 2.24) is 0 Å². The van der Waals surface area contributed by atoms with Crippen molar-refractivity contribution in [2.45, 2.75) is 69.0 Å². The van der Waals surface area contributed by atoms with Crippen LogP contribution in [0.2, 0.25) is 0 Å². The maximum Gasteiger partial charge on any atom is 0.161 e. The number of hydrogen-bond donors (Lipinski definition) is 5. The molecule has 0 aliphatic carbocycles. The Morgan fingerprint density at radius 1 is 0.913 bits per heavy atom. The van der Waals surface area contributed by atoms with E-state index in [1.165, 1.54) is 0 Å². The summed E-state index contributed by atoms with van der Waals surface area (Å²) in [6.45, 7) is 1.35. The molecule has 6 unspecified atom stereocenters. The van der Waals surface area contributed by atoms with Crippen molar-refractivity contribution >= 4 is 0 Å². The summed E-state index contributed by atoms with van der Waals surface area (Å²) in [7, 11) is 0. The largest absolute Gasteiger partial charge is 0.394 e. The van der Waals surface area contributed by atoms with Gasteiger partial charge in [0.1, 0.15) is 24.4 Å². The van der Waals surface area contributed by atoms with E-state index in [-0.39, 0.29) is 19.4 Å². The second kappa shape index (κ2) is 8.65. The molecule has 5 N–H and O–H groups in total. The van der Waals surface area contributed by atoms with Gasteiger partial charge in [-0.2, -0.15) is 0 Å². The van der Waals surface area contributed by atoms with E-state index in [9.17, 15) is 20.4 Å². The average Bonchev–Trinajstić information content (AvgIpc) is 2.53. The van der Waals surface area contributed by atoms with E-state index in [1.54, 1.807) is 6.92 Å². The van der Waals surface area contributed by atoms with Gasteiger partial charge < -0.3 is 44.5 Å². The van der Waals surface area contributed by atoms with Gasteiger partial charge in [-0.3, -0.25) is 0 Å². The van der Waals surface area contributed by atoms with Crippen LogP contribution in [0.3, 0.4) is 0 Å². The zero-order valence-electron chi connectivity index (χ0n) is 13.0. The summed E-state index contributed by atoms with van der Waals surface area (Å²) >= 11 is 0. The summed E-state index contributed by atoms with van der Waals surface area (Å²) in [5, 5.41) is 48.3. The topological polar surface area (TPSA) is 138 Å². The minimum Gasteiger partial charge on any atom is -0.394 e. The van der Waals surface area contributed by atoms with Gasteiger partial charge in [0, 0.05) is 19.4 Å². The summed E-state index contributed by atoms with van der Waals surface area (Å²) in [6.07, 6.45) is -7.33. The molecule has 9 nitrogen and oxygen atoms in total. The van der Waals surface area contributed by atoms with E-state index < -0.39 is 55.8 Å². The van der Waals surface area contributed by atoms with Crippen molar-refractivity contribution in [3.05, 3.63) is 0 Å². The lowest BCUT2D eigenvalue weighted by Gasteiger charge is -2.42. The molecule has 0 aromatic heterocycles. The smallest absolute Gasteiger partial charge is 0.161 e. The Bertz CT molecular complexity index is 355. The Hall–Kier alpha value is -0.360. The molecule has 9 heteroatoms. The third kappa shape index (κ3) is 4.59. The summed E-state index contributed by atoms with van der Waals surface area (Å²) in [5.74, 6) is 0. The van der Waals surface area contributed by atoms with Crippen molar-refractivity contribution in [2.75, 3.05) is 19.8 Å². The predicted molar refractivity (Wildman–Crippen MR) is 75.2 cm³/mol. The maximum atomic E-state index is 10.2. The van der Waals surface area contributed by atoms with Crippen LogP contribution in [0.25, 0.3) is 0 Å². The molecule has 136 valence electrons. The zero-order chi connectivity index (χ0) is 17.0. The van der Waals surface area contributed by atoms with Crippen LogP contribution in [0.5, 0.6) is 0 Å². The number of aliphatic hydroxyl groups excluding tert-OH is 5. The van der Waals surface area contributed by atoms with E-state index in [1.807, 2.05) is 0 Å². The fourth-order valence-corrected chi connectivity index (χ4v) is 2.85. The van der Waals surface area contributed by atoms with Crippen molar-refractivity contribution in [3.8, 4) is 0 Å². The van der Waals surface area contributed by atoms with Crippen LogP contribution in [0, 0.1) is 0 Å². The molecule has 0 amide bonds. The molecule has 8 atom stereocenters. The summed E-state index contributed by atoms with van der Waals surface area (Å²) in [5.41, 5.74) is 0. The van der Waals surface area contributed by atoms with Crippen molar-refractivity contribution in [1.29, 1.82) is 0 Å². The predicted octanol–water partition coefficient (Wildman–Crippen LogP) is -2.29. The first-order chi connectivity index (χ1) is 11.0. The highest BCUT2D eigenvalue weighted by atomic mass is 16.7. The first-order valence-electron chi connectivity index (χ1n) is 7.84. The number of aliphatic hydroxyl groups is 5. The van der Waals surface area contributed by atoms with Crippen LogP contribution in [-0.2, 0) is 18.9 Å². The van der Waals surface area contributed by atoms with Gasteiger partial charge in [0.05, 0.1) is 25.4 Å². The lowest BCUT2D eigenvalue weighted by atomic mass is 10.00. The van der Waals surface area contributed by atoms with E-state index >= 15 is 0 Å². The van der Waals surface area contributed by atoms with Gasteiger partial charge in [0.15, 0.2) is 12.6 Å². The van der Waals surface area contributed by atoms with Gasteiger partial charge in [0.25, 0.3) is 0 Å². The second-order valence-electron chi connectivity index (χ2n) is 5.73. The minimum atomic E-state index is -1.21. The number of ether oxygens (including phenoxy) is 4. The standard InChI is InChI=1S/C14H26O9/c1-2-20-11-4-8(18)14(10(6-16)22-11)23-12-3-7(17)13(19)9(5-15)21-12/h7-19H,2-6H2,1H3/t7?,8?,9?,10?,11?,12-,13+,14?/m1/s1. The molecule has 0 saturated carbocycles. The molecule has 2 aliphatic heterocycles. The first-order valence-corrected chi connectivity index (χ1v) is 7.84. The fourth-order valence-electron chi connectivity index (χ4n) is 2.85.